The number of aliphatic hydroxyl groups excluding tert-OH is 1. The Morgan fingerprint density at radius 1 is 1.25 bits per heavy atom. The minimum absolute atomic E-state index is 0.314. The van der Waals surface area contributed by atoms with Crippen LogP contribution in [0.3, 0.4) is 0 Å². The largest absolute Gasteiger partial charge is 0.393 e. The van der Waals surface area contributed by atoms with E-state index >= 15 is 0 Å². The van der Waals surface area contributed by atoms with E-state index in [1.807, 2.05) is 51.1 Å². The van der Waals surface area contributed by atoms with Gasteiger partial charge in [0.2, 0.25) is 0 Å². The third-order valence-corrected chi connectivity index (χ3v) is 7.12. The van der Waals surface area contributed by atoms with Gasteiger partial charge in [-0.05, 0) is 6.92 Å². The van der Waals surface area contributed by atoms with Crippen LogP contribution >= 0.6 is 7.14 Å². The highest BCUT2D eigenvalue weighted by Gasteiger charge is 2.38. The monoisotopic (exact) mass is 240 g/mol. The predicted octanol–water partition coefficient (Wildman–Crippen LogP) is 2.85. The van der Waals surface area contributed by atoms with Crippen LogP contribution < -0.4 is 5.30 Å². The average molecular weight is 240 g/mol. The molecular weight excluding hydrogens is 219 g/mol. The molecular formula is C13H21O2P. The third kappa shape index (κ3) is 2.75. The Balaban J connectivity index is 3.22. The highest BCUT2D eigenvalue weighted by atomic mass is 31.2. The Labute approximate surface area is 98.1 Å². The molecule has 2 nitrogen and oxygen atoms in total. The predicted molar refractivity (Wildman–Crippen MR) is 70.0 cm³/mol. The lowest BCUT2D eigenvalue weighted by Gasteiger charge is -2.32. The van der Waals surface area contributed by atoms with Crippen LogP contribution in [0, 0.1) is 0 Å². The van der Waals surface area contributed by atoms with E-state index in [0.29, 0.717) is 6.16 Å². The fourth-order valence-corrected chi connectivity index (χ4v) is 4.74. The van der Waals surface area contributed by atoms with E-state index in [4.69, 9.17) is 0 Å². The maximum Gasteiger partial charge on any atom is 0.123 e. The van der Waals surface area contributed by atoms with Gasteiger partial charge in [-0.25, -0.2) is 0 Å². The maximum absolute atomic E-state index is 13.1. The number of benzene rings is 1. The van der Waals surface area contributed by atoms with E-state index in [2.05, 4.69) is 0 Å². The second kappa shape index (κ2) is 4.73. The zero-order valence-electron chi connectivity index (χ0n) is 10.5. The molecule has 0 aliphatic rings. The Morgan fingerprint density at radius 2 is 1.75 bits per heavy atom. The van der Waals surface area contributed by atoms with Crippen molar-refractivity contribution in [2.75, 3.05) is 6.16 Å². The summed E-state index contributed by atoms with van der Waals surface area (Å²) in [6, 6.07) is 9.51. The molecule has 0 saturated carbocycles. The highest BCUT2D eigenvalue weighted by molar-refractivity contribution is 7.73. The summed E-state index contributed by atoms with van der Waals surface area (Å²) in [6.07, 6.45) is -0.189. The van der Waals surface area contributed by atoms with Gasteiger partial charge in [-0.3, -0.25) is 0 Å². The molecule has 0 bridgehead atoms. The summed E-state index contributed by atoms with van der Waals surface area (Å²) in [7, 11) is -2.56. The minimum atomic E-state index is -2.56. The summed E-state index contributed by atoms with van der Waals surface area (Å²) in [5.74, 6) is 0. The van der Waals surface area contributed by atoms with Gasteiger partial charge in [0, 0.05) is 16.6 Å². The lowest BCUT2D eigenvalue weighted by atomic mass is 10.3. The first kappa shape index (κ1) is 13.5. The van der Waals surface area contributed by atoms with Crippen molar-refractivity contribution < 1.29 is 9.67 Å². The molecule has 0 amide bonds. The summed E-state index contributed by atoms with van der Waals surface area (Å²) in [4.78, 5) is 0. The van der Waals surface area contributed by atoms with Gasteiger partial charge in [-0.2, -0.15) is 0 Å². The first-order chi connectivity index (χ1) is 7.27. The third-order valence-electron chi connectivity index (χ3n) is 2.78. The van der Waals surface area contributed by atoms with Gasteiger partial charge in [0.25, 0.3) is 0 Å². The molecule has 0 aromatic heterocycles. The van der Waals surface area contributed by atoms with Crippen LogP contribution in [-0.2, 0) is 4.57 Å². The SMILES string of the molecule is C[C@H](O)CP(=O)(c1ccccc1)C(C)(C)C. The van der Waals surface area contributed by atoms with E-state index in [1.54, 1.807) is 6.92 Å². The van der Waals surface area contributed by atoms with Gasteiger partial charge >= 0.3 is 0 Å². The van der Waals surface area contributed by atoms with Gasteiger partial charge in [-0.15, -0.1) is 0 Å². The molecule has 0 heterocycles. The zero-order valence-corrected chi connectivity index (χ0v) is 11.4. The number of hydrogen-bond donors (Lipinski definition) is 1. The maximum atomic E-state index is 13.1. The highest BCUT2D eigenvalue weighted by Crippen LogP contribution is 2.56. The standard InChI is InChI=1S/C13H21O2P/c1-11(14)10-16(15,13(2,3)4)12-8-6-5-7-9-12/h5-9,11,14H,10H2,1-4H3/t11-,16?/m0/s1. The van der Waals surface area contributed by atoms with Crippen LogP contribution in [-0.4, -0.2) is 22.5 Å². The van der Waals surface area contributed by atoms with Crippen molar-refractivity contribution in [3.05, 3.63) is 30.3 Å². The molecule has 0 saturated heterocycles. The second-order valence-corrected chi connectivity index (χ2v) is 8.98. The molecule has 0 aliphatic carbocycles. The molecule has 0 radical (unpaired) electrons. The fourth-order valence-electron chi connectivity index (χ4n) is 1.81. The van der Waals surface area contributed by atoms with Crippen molar-refractivity contribution in [2.45, 2.75) is 39.0 Å². The summed E-state index contributed by atoms with van der Waals surface area (Å²) in [5, 5.41) is 10.1. The zero-order chi connectivity index (χ0) is 12.4. The molecule has 1 N–H and O–H groups in total. The van der Waals surface area contributed by atoms with Crippen molar-refractivity contribution in [3.63, 3.8) is 0 Å². The Kier molecular flexibility index (Phi) is 3.98. The molecule has 1 aromatic carbocycles. The molecule has 0 fully saturated rings. The summed E-state index contributed by atoms with van der Waals surface area (Å²) >= 11 is 0. The molecule has 16 heavy (non-hydrogen) atoms. The van der Waals surface area contributed by atoms with Gasteiger partial charge in [0.1, 0.15) is 7.14 Å². The van der Waals surface area contributed by atoms with Crippen molar-refractivity contribution in [1.29, 1.82) is 0 Å². The number of aliphatic hydroxyl groups is 1. The van der Waals surface area contributed by atoms with Crippen molar-refractivity contribution in [2.24, 2.45) is 0 Å². The molecule has 90 valence electrons. The topological polar surface area (TPSA) is 37.3 Å². The van der Waals surface area contributed by atoms with Crippen molar-refractivity contribution in [1.82, 2.24) is 0 Å². The van der Waals surface area contributed by atoms with E-state index in [-0.39, 0.29) is 5.16 Å². The van der Waals surface area contributed by atoms with Gasteiger partial charge in [-0.1, -0.05) is 51.1 Å². The molecule has 1 aromatic rings. The van der Waals surface area contributed by atoms with Gasteiger partial charge in [0.15, 0.2) is 0 Å². The number of hydrogen-bond acceptors (Lipinski definition) is 2. The Hall–Kier alpha value is -0.590. The second-order valence-electron chi connectivity index (χ2n) is 5.28. The molecule has 1 unspecified atom stereocenters. The smallest absolute Gasteiger partial charge is 0.123 e. The Morgan fingerprint density at radius 3 is 2.12 bits per heavy atom. The molecule has 1 rings (SSSR count). The average Bonchev–Trinajstić information content (AvgIpc) is 2.16. The molecule has 0 spiro atoms. The van der Waals surface area contributed by atoms with Gasteiger partial charge < -0.3 is 9.67 Å². The van der Waals surface area contributed by atoms with Gasteiger partial charge in [0.05, 0.1) is 6.10 Å². The van der Waals surface area contributed by atoms with E-state index in [0.717, 1.165) is 5.30 Å². The lowest BCUT2D eigenvalue weighted by Crippen LogP contribution is -2.28. The fraction of sp³-hybridized carbons (Fsp3) is 0.538. The van der Waals surface area contributed by atoms with Crippen LogP contribution in [0.2, 0.25) is 0 Å². The van der Waals surface area contributed by atoms with Crippen molar-refractivity contribution >= 4 is 12.4 Å². The van der Waals surface area contributed by atoms with Crippen LogP contribution in [0.4, 0.5) is 0 Å². The van der Waals surface area contributed by atoms with Crippen LogP contribution in [0.1, 0.15) is 27.7 Å². The van der Waals surface area contributed by atoms with Crippen LogP contribution in [0.5, 0.6) is 0 Å². The first-order valence-electron chi connectivity index (χ1n) is 5.60. The lowest BCUT2D eigenvalue weighted by molar-refractivity contribution is 0.217. The van der Waals surface area contributed by atoms with E-state index in [1.165, 1.54) is 0 Å². The minimum Gasteiger partial charge on any atom is -0.393 e. The first-order valence-corrected chi connectivity index (χ1v) is 7.49. The van der Waals surface area contributed by atoms with Crippen molar-refractivity contribution in [3.8, 4) is 0 Å². The Bertz CT molecular complexity index is 377. The molecule has 0 aliphatic heterocycles. The normalized spacial score (nSPS) is 17.8. The van der Waals surface area contributed by atoms with Crippen LogP contribution in [0.15, 0.2) is 30.3 Å². The quantitative estimate of drug-likeness (QED) is 0.825. The summed E-state index contributed by atoms with van der Waals surface area (Å²) in [5.41, 5.74) is 0. The number of rotatable bonds is 3. The molecule has 2 atom stereocenters. The summed E-state index contributed by atoms with van der Waals surface area (Å²) in [6.45, 7) is 7.62. The van der Waals surface area contributed by atoms with E-state index < -0.39 is 13.2 Å². The summed E-state index contributed by atoms with van der Waals surface area (Å²) < 4.78 is 13.1. The van der Waals surface area contributed by atoms with Crippen LogP contribution in [0.25, 0.3) is 0 Å². The van der Waals surface area contributed by atoms with E-state index in [9.17, 15) is 9.67 Å². The molecule has 3 heteroatoms.